The zero-order chi connectivity index (χ0) is 17.8. The molecule has 0 saturated heterocycles. The largest absolute Gasteiger partial charge is 0.457 e. The molecular weight excluding hydrogens is 326 g/mol. The van der Waals surface area contributed by atoms with Gasteiger partial charge in [0.15, 0.2) is 5.70 Å². The summed E-state index contributed by atoms with van der Waals surface area (Å²) in [5, 5.41) is 0. The van der Waals surface area contributed by atoms with Crippen molar-refractivity contribution in [3.8, 4) is 11.5 Å². The van der Waals surface area contributed by atoms with Crippen molar-refractivity contribution < 1.29 is 14.3 Å². The molecule has 26 heavy (non-hydrogen) atoms. The average molecular weight is 341 g/mol. The second kappa shape index (κ2) is 7.07. The Hall–Kier alpha value is -3.66. The van der Waals surface area contributed by atoms with Gasteiger partial charge in [0.1, 0.15) is 11.5 Å². The van der Waals surface area contributed by atoms with Crippen molar-refractivity contribution in [3.63, 3.8) is 0 Å². The molecule has 0 N–H and O–H groups in total. The van der Waals surface area contributed by atoms with E-state index in [0.29, 0.717) is 11.6 Å². The molecule has 4 rings (SSSR count). The van der Waals surface area contributed by atoms with E-state index in [2.05, 4.69) is 4.99 Å². The number of hydrogen-bond donors (Lipinski definition) is 0. The smallest absolute Gasteiger partial charge is 0.363 e. The Morgan fingerprint density at radius 3 is 2.27 bits per heavy atom. The van der Waals surface area contributed by atoms with Crippen LogP contribution in [0.4, 0.5) is 0 Å². The van der Waals surface area contributed by atoms with Gasteiger partial charge in [-0.2, -0.15) is 0 Å². The van der Waals surface area contributed by atoms with Gasteiger partial charge in [0.25, 0.3) is 0 Å². The summed E-state index contributed by atoms with van der Waals surface area (Å²) in [6.07, 6.45) is 1.69. The fourth-order valence-corrected chi connectivity index (χ4v) is 2.56. The number of cyclic esters (lactones) is 1. The van der Waals surface area contributed by atoms with Gasteiger partial charge in [0.2, 0.25) is 5.90 Å². The van der Waals surface area contributed by atoms with Crippen molar-refractivity contribution in [2.24, 2.45) is 4.99 Å². The number of carbonyl (C=O) groups excluding carboxylic acids is 1. The quantitative estimate of drug-likeness (QED) is 0.505. The van der Waals surface area contributed by atoms with Gasteiger partial charge in [-0.3, -0.25) is 0 Å². The van der Waals surface area contributed by atoms with Crippen molar-refractivity contribution in [3.05, 3.63) is 102 Å². The molecule has 0 unspecified atom stereocenters. The Balaban J connectivity index is 1.59. The second-order valence-electron chi connectivity index (χ2n) is 5.69. The van der Waals surface area contributed by atoms with Gasteiger partial charge in [-0.1, -0.05) is 48.5 Å². The third-order valence-electron chi connectivity index (χ3n) is 3.78. The van der Waals surface area contributed by atoms with Gasteiger partial charge in [-0.15, -0.1) is 0 Å². The van der Waals surface area contributed by atoms with E-state index >= 15 is 0 Å². The highest BCUT2D eigenvalue weighted by atomic mass is 16.6. The molecule has 3 aromatic rings. The van der Waals surface area contributed by atoms with Crippen molar-refractivity contribution in [1.82, 2.24) is 0 Å². The topological polar surface area (TPSA) is 47.9 Å². The molecule has 0 bridgehead atoms. The van der Waals surface area contributed by atoms with Crippen LogP contribution >= 0.6 is 0 Å². The van der Waals surface area contributed by atoms with Gasteiger partial charge in [-0.25, -0.2) is 9.79 Å². The van der Waals surface area contributed by atoms with Gasteiger partial charge >= 0.3 is 5.97 Å². The van der Waals surface area contributed by atoms with Gasteiger partial charge in [0.05, 0.1) is 0 Å². The molecule has 1 aliphatic heterocycles. The Kier molecular flexibility index (Phi) is 4.31. The molecule has 1 heterocycles. The lowest BCUT2D eigenvalue weighted by Gasteiger charge is -2.05. The van der Waals surface area contributed by atoms with E-state index in [1.807, 2.05) is 84.9 Å². The number of aliphatic imine (C=N–C) groups is 1. The number of nitrogens with zero attached hydrogens (tertiary/aromatic N) is 1. The number of ether oxygens (including phenoxy) is 2. The molecule has 1 aliphatic rings. The fraction of sp³-hybridized carbons (Fsp3) is 0. The van der Waals surface area contributed by atoms with Crippen LogP contribution in [0, 0.1) is 0 Å². The number of hydrogen-bond acceptors (Lipinski definition) is 4. The molecule has 0 amide bonds. The maximum atomic E-state index is 12.1. The number of rotatable bonds is 4. The van der Waals surface area contributed by atoms with Crippen LogP contribution in [0.15, 0.2) is 95.6 Å². The molecule has 3 aromatic carbocycles. The molecular formula is C22H15NO3. The van der Waals surface area contributed by atoms with Crippen molar-refractivity contribution in [2.45, 2.75) is 0 Å². The first-order valence-electron chi connectivity index (χ1n) is 8.19. The maximum Gasteiger partial charge on any atom is 0.363 e. The summed E-state index contributed by atoms with van der Waals surface area (Å²) in [5.74, 6) is 1.29. The molecule has 0 aromatic heterocycles. The van der Waals surface area contributed by atoms with E-state index in [0.717, 1.165) is 16.9 Å². The monoisotopic (exact) mass is 341 g/mol. The maximum absolute atomic E-state index is 12.1. The van der Waals surface area contributed by atoms with Crippen LogP contribution in [0.3, 0.4) is 0 Å². The number of carbonyl (C=O) groups is 1. The standard InChI is InChI=1S/C22H15NO3/c24-22-20(23-21(26-22)17-9-3-1-4-10-17)15-16-8-7-13-19(14-16)25-18-11-5-2-6-12-18/h1-15H/b20-15+. The van der Waals surface area contributed by atoms with Gasteiger partial charge < -0.3 is 9.47 Å². The SMILES string of the molecule is O=C1OC(c2ccccc2)=N/C1=C/c1cccc(Oc2ccccc2)c1. The first-order valence-corrected chi connectivity index (χ1v) is 8.19. The Bertz CT molecular complexity index is 992. The van der Waals surface area contributed by atoms with E-state index in [1.54, 1.807) is 6.08 Å². The van der Waals surface area contributed by atoms with Crippen LogP contribution in [-0.2, 0) is 9.53 Å². The summed E-state index contributed by atoms with van der Waals surface area (Å²) in [4.78, 5) is 16.4. The number of benzene rings is 3. The summed E-state index contributed by atoms with van der Waals surface area (Å²) in [6, 6.07) is 26.3. The highest BCUT2D eigenvalue weighted by Crippen LogP contribution is 2.24. The van der Waals surface area contributed by atoms with Crippen molar-refractivity contribution in [2.75, 3.05) is 0 Å². The van der Waals surface area contributed by atoms with Crippen LogP contribution < -0.4 is 4.74 Å². The summed E-state index contributed by atoms with van der Waals surface area (Å²) in [7, 11) is 0. The first-order chi connectivity index (χ1) is 12.8. The second-order valence-corrected chi connectivity index (χ2v) is 5.69. The molecule has 126 valence electrons. The first kappa shape index (κ1) is 15.8. The fourth-order valence-electron chi connectivity index (χ4n) is 2.56. The molecule has 0 saturated carbocycles. The lowest BCUT2D eigenvalue weighted by molar-refractivity contribution is -0.129. The number of esters is 1. The van der Waals surface area contributed by atoms with Crippen molar-refractivity contribution >= 4 is 17.9 Å². The van der Waals surface area contributed by atoms with Gasteiger partial charge in [0, 0.05) is 5.56 Å². The summed E-state index contributed by atoms with van der Waals surface area (Å²) < 4.78 is 11.1. The third-order valence-corrected chi connectivity index (χ3v) is 3.78. The minimum atomic E-state index is -0.460. The zero-order valence-electron chi connectivity index (χ0n) is 13.8. The molecule has 0 aliphatic carbocycles. The van der Waals surface area contributed by atoms with Crippen LogP contribution in [0.2, 0.25) is 0 Å². The van der Waals surface area contributed by atoms with Gasteiger partial charge in [-0.05, 0) is 48.0 Å². The summed E-state index contributed by atoms with van der Waals surface area (Å²) in [6.45, 7) is 0. The minimum Gasteiger partial charge on any atom is -0.457 e. The lowest BCUT2D eigenvalue weighted by atomic mass is 10.2. The lowest BCUT2D eigenvalue weighted by Crippen LogP contribution is -2.04. The van der Waals surface area contributed by atoms with E-state index in [1.165, 1.54) is 0 Å². The van der Waals surface area contributed by atoms with Crippen LogP contribution in [0.25, 0.3) is 6.08 Å². The predicted molar refractivity (Wildman–Crippen MR) is 100 cm³/mol. The van der Waals surface area contributed by atoms with Crippen LogP contribution in [0.5, 0.6) is 11.5 Å². The highest BCUT2D eigenvalue weighted by Gasteiger charge is 2.23. The third kappa shape index (κ3) is 3.54. The normalized spacial score (nSPS) is 14.8. The average Bonchev–Trinajstić information content (AvgIpc) is 3.04. The van der Waals surface area contributed by atoms with Crippen LogP contribution in [-0.4, -0.2) is 11.9 Å². The van der Waals surface area contributed by atoms with E-state index < -0.39 is 5.97 Å². The molecule has 0 spiro atoms. The Labute approximate surface area is 151 Å². The molecule has 4 nitrogen and oxygen atoms in total. The van der Waals surface area contributed by atoms with E-state index in [-0.39, 0.29) is 5.70 Å². The molecule has 0 radical (unpaired) electrons. The van der Waals surface area contributed by atoms with E-state index in [4.69, 9.17) is 9.47 Å². The minimum absolute atomic E-state index is 0.265. The molecule has 0 fully saturated rings. The summed E-state index contributed by atoms with van der Waals surface area (Å²) >= 11 is 0. The number of para-hydroxylation sites is 1. The predicted octanol–water partition coefficient (Wildman–Crippen LogP) is 4.82. The highest BCUT2D eigenvalue weighted by molar-refractivity contribution is 6.12. The molecule has 0 atom stereocenters. The Morgan fingerprint density at radius 1 is 0.808 bits per heavy atom. The van der Waals surface area contributed by atoms with Crippen molar-refractivity contribution in [1.29, 1.82) is 0 Å². The zero-order valence-corrected chi connectivity index (χ0v) is 13.8. The van der Waals surface area contributed by atoms with E-state index in [9.17, 15) is 4.79 Å². The van der Waals surface area contributed by atoms with Crippen LogP contribution in [0.1, 0.15) is 11.1 Å². The summed E-state index contributed by atoms with van der Waals surface area (Å²) in [5.41, 5.74) is 1.84. The Morgan fingerprint density at radius 2 is 1.50 bits per heavy atom. The molecule has 4 heteroatoms.